The lowest BCUT2D eigenvalue weighted by Crippen LogP contribution is -2.60. The summed E-state index contributed by atoms with van der Waals surface area (Å²) in [5.74, 6) is -6.42. The van der Waals surface area contributed by atoms with Gasteiger partial charge in [0.15, 0.2) is 9.75 Å². The molecule has 234 valence electrons. The van der Waals surface area contributed by atoms with Gasteiger partial charge in [0.25, 0.3) is 11.8 Å². The fourth-order valence-corrected chi connectivity index (χ4v) is 8.82. The van der Waals surface area contributed by atoms with Crippen molar-refractivity contribution in [1.29, 1.82) is 0 Å². The third-order valence-corrected chi connectivity index (χ3v) is 11.4. The van der Waals surface area contributed by atoms with Gasteiger partial charge in [0, 0.05) is 11.5 Å². The Labute approximate surface area is 274 Å². The van der Waals surface area contributed by atoms with Crippen LogP contribution < -0.4 is 4.90 Å². The van der Waals surface area contributed by atoms with Crippen LogP contribution in [0.4, 0.5) is 10.1 Å². The van der Waals surface area contributed by atoms with Crippen molar-refractivity contribution in [1.82, 2.24) is 4.90 Å². The molecule has 46 heavy (non-hydrogen) atoms. The first kappa shape index (κ1) is 30.4. The van der Waals surface area contributed by atoms with Gasteiger partial charge in [-0.1, -0.05) is 66.3 Å². The summed E-state index contributed by atoms with van der Waals surface area (Å²) < 4.78 is 13.9. The maximum atomic E-state index is 14.5. The van der Waals surface area contributed by atoms with Gasteiger partial charge in [0.1, 0.15) is 11.6 Å². The Bertz CT molecular complexity index is 1850. The largest absolute Gasteiger partial charge is 0.507 e. The highest BCUT2D eigenvalue weighted by molar-refractivity contribution is 6.58. The summed E-state index contributed by atoms with van der Waals surface area (Å²) in [6.45, 7) is 3.87. The highest BCUT2D eigenvalue weighted by atomic mass is 35.5. The van der Waals surface area contributed by atoms with Crippen molar-refractivity contribution in [3.63, 3.8) is 0 Å². The molecule has 4 aliphatic rings. The molecule has 0 unspecified atom stereocenters. The molecule has 6 atom stereocenters. The number of carbonyl (C=O) groups excluding carboxylic acids is 4. The van der Waals surface area contributed by atoms with Gasteiger partial charge in [-0.15, -0.1) is 29.8 Å². The Morgan fingerprint density at radius 1 is 0.913 bits per heavy atom. The van der Waals surface area contributed by atoms with Gasteiger partial charge in [-0.3, -0.25) is 24.1 Å². The van der Waals surface area contributed by atoms with E-state index in [4.69, 9.17) is 23.2 Å². The number of fused-ring (bicyclic) bond motifs is 4. The topological polar surface area (TPSA) is 95.0 Å². The van der Waals surface area contributed by atoms with Gasteiger partial charge < -0.3 is 5.11 Å². The van der Waals surface area contributed by atoms with Crippen molar-refractivity contribution < 1.29 is 28.7 Å². The second-order valence-corrected chi connectivity index (χ2v) is 13.6. The second-order valence-electron chi connectivity index (χ2n) is 12.3. The lowest BCUT2D eigenvalue weighted by molar-refractivity contribution is -0.141. The standard InChI is InChI=1S/C36H29Cl2FN2O5/c1-2-7-21-10-6-11-26(30(21)42)29-24-16-17-25-28(32(44)40(31(25)43)19-20-8-4-3-5-9-20)27(24)18-35(37)33(45)41(34(46)36(29,35)38)23-14-12-22(39)13-15-23/h2-6,8-16,25,27-29,42H,1,7,17-19H2/t25-,27+,28-,29+,35+,36-/m0/s1. The first-order valence-corrected chi connectivity index (χ1v) is 15.8. The van der Waals surface area contributed by atoms with E-state index in [1.54, 1.807) is 24.3 Å². The normalized spacial score (nSPS) is 30.2. The van der Waals surface area contributed by atoms with Crippen LogP contribution >= 0.6 is 23.2 Å². The number of carbonyl (C=O) groups is 4. The summed E-state index contributed by atoms with van der Waals surface area (Å²) in [7, 11) is 0. The monoisotopic (exact) mass is 658 g/mol. The number of phenols is 1. The number of halogens is 3. The third-order valence-electron chi connectivity index (χ3n) is 10.00. The van der Waals surface area contributed by atoms with E-state index in [1.807, 2.05) is 36.4 Å². The van der Waals surface area contributed by atoms with Crippen LogP contribution in [0.3, 0.4) is 0 Å². The maximum Gasteiger partial charge on any atom is 0.258 e. The molecular weight excluding hydrogens is 630 g/mol. The second kappa shape index (κ2) is 10.9. The quantitative estimate of drug-likeness (QED) is 0.198. The molecule has 10 heteroatoms. The summed E-state index contributed by atoms with van der Waals surface area (Å²) in [5, 5.41) is 11.6. The zero-order valence-electron chi connectivity index (χ0n) is 24.5. The fourth-order valence-electron chi connectivity index (χ4n) is 7.90. The van der Waals surface area contributed by atoms with E-state index in [0.29, 0.717) is 17.6 Å². The molecule has 3 aromatic carbocycles. The van der Waals surface area contributed by atoms with Crippen molar-refractivity contribution in [2.45, 2.75) is 41.5 Å². The van der Waals surface area contributed by atoms with E-state index in [0.717, 1.165) is 22.6 Å². The molecule has 4 amide bonds. The van der Waals surface area contributed by atoms with Crippen LogP contribution in [-0.4, -0.2) is 43.4 Å². The Morgan fingerprint density at radius 3 is 2.33 bits per heavy atom. The number of phenolic OH excluding ortho intramolecular Hbond substituents is 1. The number of allylic oxidation sites excluding steroid dienone is 3. The molecule has 3 aromatic rings. The molecule has 3 fully saturated rings. The van der Waals surface area contributed by atoms with Gasteiger partial charge in [0.05, 0.1) is 24.1 Å². The van der Waals surface area contributed by atoms with Crippen molar-refractivity contribution >= 4 is 52.5 Å². The predicted molar refractivity (Wildman–Crippen MR) is 171 cm³/mol. The molecule has 7 rings (SSSR count). The summed E-state index contributed by atoms with van der Waals surface area (Å²) >= 11 is 14.8. The zero-order chi connectivity index (χ0) is 32.5. The van der Waals surface area contributed by atoms with Gasteiger partial charge in [-0.05, 0) is 60.6 Å². The lowest BCUT2D eigenvalue weighted by Gasteiger charge is -2.50. The Morgan fingerprint density at radius 2 is 1.63 bits per heavy atom. The molecule has 0 radical (unpaired) electrons. The van der Waals surface area contributed by atoms with Gasteiger partial charge >= 0.3 is 0 Å². The number of likely N-dealkylation sites (tertiary alicyclic amines) is 1. The van der Waals surface area contributed by atoms with E-state index in [-0.39, 0.29) is 48.2 Å². The van der Waals surface area contributed by atoms with E-state index < -0.39 is 51.1 Å². The number of rotatable bonds is 6. The van der Waals surface area contributed by atoms with Crippen LogP contribution in [0.5, 0.6) is 5.75 Å². The molecule has 2 saturated heterocycles. The molecule has 2 aliphatic carbocycles. The Hall–Kier alpha value is -4.27. The van der Waals surface area contributed by atoms with Crippen LogP contribution in [0.2, 0.25) is 0 Å². The molecule has 2 heterocycles. The summed E-state index contributed by atoms with van der Waals surface area (Å²) in [6.07, 6.45) is 3.78. The van der Waals surface area contributed by atoms with Gasteiger partial charge in [-0.25, -0.2) is 9.29 Å². The molecule has 0 bridgehead atoms. The SMILES string of the molecule is C=CCc1cccc([C@H]2C3=CC[C@@H]4C(=O)N(Cc5ccccc5)C(=O)[C@@H]4[C@@H]3C[C@@]3(Cl)C(=O)N(c4ccc(F)cc4)C(=O)[C@@]23Cl)c1O. The number of alkyl halides is 2. The van der Waals surface area contributed by atoms with Gasteiger partial charge in [0.2, 0.25) is 11.8 Å². The number of amides is 4. The van der Waals surface area contributed by atoms with Crippen molar-refractivity contribution in [2.75, 3.05) is 4.90 Å². The molecule has 0 aromatic heterocycles. The number of para-hydroxylation sites is 1. The number of imide groups is 2. The van der Waals surface area contributed by atoms with Crippen molar-refractivity contribution in [3.05, 3.63) is 120 Å². The van der Waals surface area contributed by atoms with Crippen molar-refractivity contribution in [3.8, 4) is 5.75 Å². The number of aromatic hydroxyl groups is 1. The number of hydrogen-bond acceptors (Lipinski definition) is 5. The first-order chi connectivity index (χ1) is 22.0. The van der Waals surface area contributed by atoms with Gasteiger partial charge in [-0.2, -0.15) is 0 Å². The summed E-state index contributed by atoms with van der Waals surface area (Å²) in [6, 6.07) is 19.1. The minimum absolute atomic E-state index is 0.0882. The smallest absolute Gasteiger partial charge is 0.258 e. The molecule has 0 spiro atoms. The minimum Gasteiger partial charge on any atom is -0.507 e. The van der Waals surface area contributed by atoms with E-state index in [1.165, 1.54) is 17.0 Å². The molecule has 1 saturated carbocycles. The Kier molecular flexibility index (Phi) is 7.21. The molecule has 1 N–H and O–H groups in total. The van der Waals surface area contributed by atoms with Crippen molar-refractivity contribution in [2.24, 2.45) is 17.8 Å². The molecular formula is C36H29Cl2FN2O5. The Balaban J connectivity index is 1.39. The van der Waals surface area contributed by atoms with Crippen LogP contribution in [-0.2, 0) is 32.1 Å². The van der Waals surface area contributed by atoms with Crippen LogP contribution in [0.15, 0.2) is 97.1 Å². The lowest BCUT2D eigenvalue weighted by atomic mass is 9.56. The summed E-state index contributed by atoms with van der Waals surface area (Å²) in [4.78, 5) is 54.6. The number of hydrogen-bond donors (Lipinski definition) is 1. The third kappa shape index (κ3) is 4.16. The average molecular weight is 660 g/mol. The van der Waals surface area contributed by atoms with E-state index >= 15 is 0 Å². The molecule has 2 aliphatic heterocycles. The zero-order valence-corrected chi connectivity index (χ0v) is 26.0. The summed E-state index contributed by atoms with van der Waals surface area (Å²) in [5.41, 5.74) is 2.25. The number of anilines is 1. The highest BCUT2D eigenvalue weighted by Crippen LogP contribution is 2.66. The van der Waals surface area contributed by atoms with Crippen LogP contribution in [0, 0.1) is 23.6 Å². The minimum atomic E-state index is -2.13. The predicted octanol–water partition coefficient (Wildman–Crippen LogP) is 6.02. The van der Waals surface area contributed by atoms with E-state index in [2.05, 4.69) is 6.58 Å². The number of benzene rings is 3. The average Bonchev–Trinajstić information content (AvgIpc) is 3.37. The fraction of sp³-hybridized carbons (Fsp3) is 0.278. The van der Waals surface area contributed by atoms with Crippen LogP contribution in [0.25, 0.3) is 0 Å². The first-order valence-electron chi connectivity index (χ1n) is 15.1. The van der Waals surface area contributed by atoms with E-state index in [9.17, 15) is 28.7 Å². The maximum absolute atomic E-state index is 14.5. The van der Waals surface area contributed by atoms with Crippen LogP contribution in [0.1, 0.15) is 35.4 Å². The highest BCUT2D eigenvalue weighted by Gasteiger charge is 2.76. The number of nitrogens with zero attached hydrogens (tertiary/aromatic N) is 2. The molecule has 7 nitrogen and oxygen atoms in total.